The van der Waals surface area contributed by atoms with Crippen molar-refractivity contribution < 1.29 is 63.6 Å². The van der Waals surface area contributed by atoms with Crippen molar-refractivity contribution in [2.45, 2.75) is 168 Å². The molecule has 234 valence electrons. The van der Waals surface area contributed by atoms with Crippen molar-refractivity contribution in [1.82, 2.24) is 0 Å². The number of hydrogen-bond donors (Lipinski definition) is 0. The molecular weight excluding hydrogens is 541 g/mol. The number of hydrogen-bond acceptors (Lipinski definition) is 4. The van der Waals surface area contributed by atoms with Crippen molar-refractivity contribution in [3.8, 4) is 0 Å². The first kappa shape index (κ1) is 47.1. The van der Waals surface area contributed by atoms with Crippen LogP contribution in [-0.2, 0) is 14.6 Å². The zero-order chi connectivity index (χ0) is 28.1. The van der Waals surface area contributed by atoms with Gasteiger partial charge < -0.3 is 21.4 Å². The molecule has 0 aliphatic carbocycles. The average molecular weight is 608 g/mol. The van der Waals surface area contributed by atoms with E-state index >= 15 is 0 Å². The molecule has 5 nitrogen and oxygen atoms in total. The van der Waals surface area contributed by atoms with E-state index in [1.54, 1.807) is 0 Å². The van der Waals surface area contributed by atoms with Gasteiger partial charge in [0.15, 0.2) is 0 Å². The van der Waals surface area contributed by atoms with Crippen LogP contribution in [0, 0.1) is 0 Å². The Morgan fingerprint density at radius 3 is 1.03 bits per heavy atom. The van der Waals surface area contributed by atoms with Crippen molar-refractivity contribution in [3.05, 3.63) is 0 Å². The van der Waals surface area contributed by atoms with Gasteiger partial charge in [-0.25, -0.2) is 8.42 Å². The van der Waals surface area contributed by atoms with E-state index in [1.165, 1.54) is 141 Å². The monoisotopic (exact) mass is 607 g/mol. The van der Waals surface area contributed by atoms with Crippen LogP contribution in [0.15, 0.2) is 0 Å². The number of nitrogens with zero attached hydrogens (tertiary/aromatic N) is 1. The van der Waals surface area contributed by atoms with Crippen LogP contribution in [0.3, 0.4) is 0 Å². The van der Waals surface area contributed by atoms with E-state index in [2.05, 4.69) is 39.2 Å². The fraction of sp³-hybridized carbons (Fsp3) is 1.00. The van der Waals surface area contributed by atoms with Gasteiger partial charge in [0.05, 0.1) is 34.3 Å². The molecule has 0 bridgehead atoms. The van der Waals surface area contributed by atoms with Gasteiger partial charge in [-0.3, -0.25) is 4.18 Å². The molecule has 0 aliphatic rings. The first-order valence-corrected chi connectivity index (χ1v) is 17.4. The molecule has 0 aliphatic heterocycles. The molecule has 0 aromatic heterocycles. The van der Waals surface area contributed by atoms with E-state index in [-0.39, 0.29) is 48.6 Å². The molecule has 0 N–H and O–H groups in total. The Labute approximate surface area is 274 Å². The largest absolute Gasteiger partial charge is 1.00 e. The molecule has 0 aromatic carbocycles. The third-order valence-electron chi connectivity index (χ3n) is 6.91. The third kappa shape index (κ3) is 52.2. The van der Waals surface area contributed by atoms with Crippen LogP contribution in [0.1, 0.15) is 168 Å². The van der Waals surface area contributed by atoms with Crippen LogP contribution in [0.25, 0.3) is 0 Å². The van der Waals surface area contributed by atoms with E-state index in [0.717, 1.165) is 17.3 Å². The summed E-state index contributed by atoms with van der Waals surface area (Å²) in [5.74, 6) is 0. The second-order valence-corrected chi connectivity index (χ2v) is 13.1. The fourth-order valence-corrected chi connectivity index (χ4v) is 4.85. The molecule has 39 heavy (non-hydrogen) atoms. The standard InChI is InChI=1S/C19H42N.C12H26O4S.ClH.Na/c1-5-6-7-8-9-10-11-12-13-14-15-16-17-18-19-20(2,3)4;1-2-3-4-5-6-7-8-9-10-11-12-16-17(13,14)15;;/h5-19H2,1-4H3;2-12H2,1H3,(H,13,14,15);1H;/q+1;;;+1/p-2. The Morgan fingerprint density at radius 1 is 0.513 bits per heavy atom. The van der Waals surface area contributed by atoms with E-state index in [1.807, 2.05) is 0 Å². The molecule has 0 heterocycles. The van der Waals surface area contributed by atoms with Crippen molar-refractivity contribution in [2.75, 3.05) is 34.3 Å². The van der Waals surface area contributed by atoms with E-state index in [4.69, 9.17) is 0 Å². The van der Waals surface area contributed by atoms with Gasteiger partial charge in [0.1, 0.15) is 0 Å². The minimum Gasteiger partial charge on any atom is -1.00 e. The number of unbranched alkanes of at least 4 members (excludes halogenated alkanes) is 22. The first-order valence-electron chi connectivity index (χ1n) is 16.0. The second-order valence-electron chi connectivity index (χ2n) is 12.0. The van der Waals surface area contributed by atoms with Crippen LogP contribution in [0.4, 0.5) is 0 Å². The number of quaternary nitrogens is 1. The van der Waals surface area contributed by atoms with Gasteiger partial charge in [0.2, 0.25) is 10.4 Å². The summed E-state index contributed by atoms with van der Waals surface area (Å²) in [5, 5.41) is 0. The molecule has 0 amide bonds. The molecule has 0 radical (unpaired) electrons. The Bertz CT molecular complexity index is 545. The topological polar surface area (TPSA) is 66.4 Å². The van der Waals surface area contributed by atoms with E-state index < -0.39 is 10.4 Å². The average Bonchev–Trinajstić information content (AvgIpc) is 2.82. The van der Waals surface area contributed by atoms with Crippen molar-refractivity contribution in [2.24, 2.45) is 0 Å². The van der Waals surface area contributed by atoms with Gasteiger partial charge >= 0.3 is 29.6 Å². The Balaban J connectivity index is -0.000000302. The Hall–Kier alpha value is 1.12. The van der Waals surface area contributed by atoms with Gasteiger partial charge in [-0.2, -0.15) is 0 Å². The molecule has 0 aromatic rings. The predicted octanol–water partition coefficient (Wildman–Crippen LogP) is 3.57. The summed E-state index contributed by atoms with van der Waals surface area (Å²) in [7, 11) is 2.40. The first-order chi connectivity index (χ1) is 17.6. The zero-order valence-electron chi connectivity index (χ0n) is 27.3. The zero-order valence-corrected chi connectivity index (χ0v) is 30.8. The van der Waals surface area contributed by atoms with Crippen LogP contribution in [0.2, 0.25) is 0 Å². The minimum absolute atomic E-state index is 0. The van der Waals surface area contributed by atoms with Crippen LogP contribution >= 0.6 is 0 Å². The summed E-state index contributed by atoms with van der Waals surface area (Å²) < 4.78 is 35.6. The summed E-state index contributed by atoms with van der Waals surface area (Å²) >= 11 is 0. The molecular formula is C31H67ClNNaO4S. The second kappa shape index (κ2) is 35.3. The van der Waals surface area contributed by atoms with E-state index in [9.17, 15) is 13.0 Å². The molecule has 0 spiro atoms. The smallest absolute Gasteiger partial charge is 1.00 e. The molecule has 0 saturated heterocycles. The summed E-state index contributed by atoms with van der Waals surface area (Å²) in [4.78, 5) is 0. The van der Waals surface area contributed by atoms with Crippen LogP contribution < -0.4 is 42.0 Å². The molecule has 0 rings (SSSR count). The van der Waals surface area contributed by atoms with Crippen LogP contribution in [-0.4, -0.2) is 51.7 Å². The minimum atomic E-state index is -4.48. The summed E-state index contributed by atoms with van der Waals surface area (Å²) in [6, 6.07) is 0. The number of halogens is 1. The SMILES string of the molecule is CCCCCCCCCCCCCCCC[N+](C)(C)C.CCCCCCCCCCCCOS(=O)(=O)[O-].[Cl-].[Na+]. The third-order valence-corrected chi connectivity index (χ3v) is 7.36. The molecule has 0 saturated carbocycles. The normalized spacial score (nSPS) is 11.3. The van der Waals surface area contributed by atoms with Gasteiger partial charge in [-0.1, -0.05) is 149 Å². The molecule has 0 unspecified atom stereocenters. The van der Waals surface area contributed by atoms with Crippen LogP contribution in [0.5, 0.6) is 0 Å². The summed E-state index contributed by atoms with van der Waals surface area (Å²) in [5.41, 5.74) is 0. The predicted molar refractivity (Wildman–Crippen MR) is 161 cm³/mol. The molecule has 0 atom stereocenters. The maximum absolute atomic E-state index is 10.1. The van der Waals surface area contributed by atoms with Crippen molar-refractivity contribution in [3.63, 3.8) is 0 Å². The van der Waals surface area contributed by atoms with Crippen molar-refractivity contribution in [1.29, 1.82) is 0 Å². The maximum atomic E-state index is 10.1. The number of rotatable bonds is 27. The molecule has 8 heteroatoms. The Kier molecular flexibility index (Phi) is 42.6. The van der Waals surface area contributed by atoms with Crippen molar-refractivity contribution >= 4 is 10.4 Å². The van der Waals surface area contributed by atoms with Gasteiger partial charge in [-0.05, 0) is 19.3 Å². The summed E-state index contributed by atoms with van der Waals surface area (Å²) in [6.07, 6.45) is 32.1. The molecule has 0 fully saturated rings. The van der Waals surface area contributed by atoms with E-state index in [0.29, 0.717) is 6.42 Å². The van der Waals surface area contributed by atoms with Gasteiger partial charge in [-0.15, -0.1) is 0 Å². The van der Waals surface area contributed by atoms with Gasteiger partial charge in [0, 0.05) is 0 Å². The summed E-state index contributed by atoms with van der Waals surface area (Å²) in [6.45, 7) is 5.87. The fourth-order valence-electron chi connectivity index (χ4n) is 4.53. The maximum Gasteiger partial charge on any atom is 1.00 e. The Morgan fingerprint density at radius 2 is 0.769 bits per heavy atom. The quantitative estimate of drug-likeness (QED) is 0.0471. The van der Waals surface area contributed by atoms with Gasteiger partial charge in [0.25, 0.3) is 0 Å².